The average Bonchev–Trinajstić information content (AvgIpc) is 3.33. The van der Waals surface area contributed by atoms with Gasteiger partial charge in [-0.15, -0.1) is 0 Å². The van der Waals surface area contributed by atoms with E-state index >= 15 is 0 Å². The lowest BCUT2D eigenvalue weighted by Crippen LogP contribution is -2.03. The number of imidazole rings is 1. The second-order valence-corrected chi connectivity index (χ2v) is 7.46. The number of halogens is 3. The van der Waals surface area contributed by atoms with Crippen LogP contribution in [0.15, 0.2) is 60.9 Å². The number of aromatic nitrogens is 4. The summed E-state index contributed by atoms with van der Waals surface area (Å²) in [6.45, 7) is 0. The maximum Gasteiger partial charge on any atom is 0.416 e. The minimum Gasteiger partial charge on any atom is -0.350 e. The van der Waals surface area contributed by atoms with Gasteiger partial charge in [0.05, 0.1) is 17.5 Å². The highest BCUT2D eigenvalue weighted by atomic mass is 32.1. The largest absolute Gasteiger partial charge is 0.416 e. The van der Waals surface area contributed by atoms with E-state index in [1.165, 1.54) is 23.5 Å². The van der Waals surface area contributed by atoms with Crippen molar-refractivity contribution >= 4 is 27.2 Å². The lowest BCUT2D eigenvalue weighted by molar-refractivity contribution is -0.137. The van der Waals surface area contributed by atoms with Gasteiger partial charge >= 0.3 is 6.18 Å². The number of fused-ring (bicyclic) bond motifs is 2. The molecule has 4 nitrogen and oxygen atoms in total. The fourth-order valence-corrected chi connectivity index (χ4v) is 4.20. The summed E-state index contributed by atoms with van der Waals surface area (Å²) in [5.41, 5.74) is 2.70. The van der Waals surface area contributed by atoms with Crippen LogP contribution >= 0.6 is 11.3 Å². The summed E-state index contributed by atoms with van der Waals surface area (Å²) >= 11 is 1.45. The van der Waals surface area contributed by atoms with E-state index in [1.807, 2.05) is 25.4 Å². The molecule has 0 saturated heterocycles. The minimum absolute atomic E-state index is 0.594. The third-order valence-corrected chi connectivity index (χ3v) is 5.63. The molecule has 0 spiro atoms. The van der Waals surface area contributed by atoms with E-state index in [0.717, 1.165) is 33.6 Å². The molecule has 5 aromatic rings. The Labute approximate surface area is 161 Å². The van der Waals surface area contributed by atoms with Crippen LogP contribution in [0, 0.1) is 0 Å². The van der Waals surface area contributed by atoms with E-state index in [2.05, 4.69) is 26.8 Å². The zero-order chi connectivity index (χ0) is 19.5. The van der Waals surface area contributed by atoms with Gasteiger partial charge in [-0.1, -0.05) is 41.7 Å². The normalized spacial score (nSPS) is 12.3. The first-order chi connectivity index (χ1) is 13.4. The second-order valence-electron chi connectivity index (χ2n) is 6.51. The van der Waals surface area contributed by atoms with Gasteiger partial charge in [-0.3, -0.25) is 0 Å². The lowest BCUT2D eigenvalue weighted by Gasteiger charge is -2.06. The topological polar surface area (TPSA) is 35.1 Å². The number of benzene rings is 2. The van der Waals surface area contributed by atoms with Gasteiger partial charge in [-0.2, -0.15) is 18.3 Å². The first-order valence-electron chi connectivity index (χ1n) is 8.48. The Kier molecular flexibility index (Phi) is 3.60. The number of rotatable bonds is 2. The SMILES string of the molecule is Cn1cc(-c2nn3cc(-c4ccc(C(F)(F)F)cc4)nc3s2)c2ccccc21. The minimum atomic E-state index is -4.35. The van der Waals surface area contributed by atoms with Crippen molar-refractivity contribution in [3.63, 3.8) is 0 Å². The number of hydrogen-bond donors (Lipinski definition) is 0. The molecule has 3 heterocycles. The van der Waals surface area contributed by atoms with Crippen molar-refractivity contribution in [2.24, 2.45) is 7.05 Å². The molecule has 0 radical (unpaired) electrons. The molecule has 0 bridgehead atoms. The monoisotopic (exact) mass is 398 g/mol. The van der Waals surface area contributed by atoms with Crippen LogP contribution in [0.4, 0.5) is 13.2 Å². The van der Waals surface area contributed by atoms with Crippen LogP contribution in [0.2, 0.25) is 0 Å². The third kappa shape index (κ3) is 2.68. The van der Waals surface area contributed by atoms with Crippen LogP contribution in [0.25, 0.3) is 37.7 Å². The quantitative estimate of drug-likeness (QED) is 0.386. The number of hydrogen-bond acceptors (Lipinski definition) is 3. The van der Waals surface area contributed by atoms with Crippen molar-refractivity contribution in [1.82, 2.24) is 19.2 Å². The number of alkyl halides is 3. The highest BCUT2D eigenvalue weighted by Gasteiger charge is 2.30. The van der Waals surface area contributed by atoms with Crippen molar-refractivity contribution in [3.05, 3.63) is 66.5 Å². The number of aryl methyl sites for hydroxylation is 1. The van der Waals surface area contributed by atoms with Crippen LogP contribution in [0.3, 0.4) is 0 Å². The first-order valence-corrected chi connectivity index (χ1v) is 9.30. The van der Waals surface area contributed by atoms with E-state index in [4.69, 9.17) is 0 Å². The van der Waals surface area contributed by atoms with Gasteiger partial charge < -0.3 is 4.57 Å². The Morgan fingerprint density at radius 2 is 1.71 bits per heavy atom. The Hall–Kier alpha value is -3.13. The molecular weight excluding hydrogens is 385 g/mol. The molecule has 0 unspecified atom stereocenters. The van der Waals surface area contributed by atoms with Gasteiger partial charge in [0, 0.05) is 35.3 Å². The van der Waals surface area contributed by atoms with Gasteiger partial charge in [0.15, 0.2) is 0 Å². The summed E-state index contributed by atoms with van der Waals surface area (Å²) in [5.74, 6) is 0. The van der Waals surface area contributed by atoms with E-state index in [0.29, 0.717) is 16.2 Å². The molecule has 8 heteroatoms. The first kappa shape index (κ1) is 17.0. The standard InChI is InChI=1S/C20H13F3N4S/c1-26-10-15(14-4-2-3-5-17(14)26)18-25-27-11-16(24-19(27)28-18)12-6-8-13(9-7-12)20(21,22)23/h2-11H,1H3. The summed E-state index contributed by atoms with van der Waals surface area (Å²) in [5, 5.41) is 6.59. The Morgan fingerprint density at radius 3 is 2.43 bits per heavy atom. The molecule has 0 N–H and O–H groups in total. The highest BCUT2D eigenvalue weighted by molar-refractivity contribution is 7.20. The number of para-hydroxylation sites is 1. The third-order valence-electron chi connectivity index (χ3n) is 4.68. The smallest absolute Gasteiger partial charge is 0.350 e. The fourth-order valence-electron chi connectivity index (χ4n) is 3.29. The molecule has 0 aliphatic rings. The summed E-state index contributed by atoms with van der Waals surface area (Å²) in [7, 11) is 1.99. The van der Waals surface area contributed by atoms with Crippen LogP contribution in [-0.2, 0) is 13.2 Å². The summed E-state index contributed by atoms with van der Waals surface area (Å²) in [4.78, 5) is 5.23. The van der Waals surface area contributed by atoms with Crippen molar-refractivity contribution in [3.8, 4) is 21.8 Å². The molecular formula is C20H13F3N4S. The Balaban J connectivity index is 1.53. The van der Waals surface area contributed by atoms with Gasteiger partial charge in [0.1, 0.15) is 5.01 Å². The van der Waals surface area contributed by atoms with Crippen LogP contribution in [0.5, 0.6) is 0 Å². The maximum absolute atomic E-state index is 12.7. The van der Waals surface area contributed by atoms with Crippen molar-refractivity contribution in [2.45, 2.75) is 6.18 Å². The summed E-state index contributed by atoms with van der Waals surface area (Å²) in [6.07, 6.45) is -0.565. The summed E-state index contributed by atoms with van der Waals surface area (Å²) < 4.78 is 41.9. The molecule has 3 aromatic heterocycles. The van der Waals surface area contributed by atoms with Crippen LogP contribution < -0.4 is 0 Å². The van der Waals surface area contributed by atoms with Crippen molar-refractivity contribution < 1.29 is 13.2 Å². The molecule has 5 rings (SSSR count). The van der Waals surface area contributed by atoms with Crippen molar-refractivity contribution in [1.29, 1.82) is 0 Å². The fraction of sp³-hybridized carbons (Fsp3) is 0.100. The zero-order valence-electron chi connectivity index (χ0n) is 14.6. The van der Waals surface area contributed by atoms with Gasteiger partial charge in [0.25, 0.3) is 0 Å². The van der Waals surface area contributed by atoms with E-state index in [9.17, 15) is 13.2 Å². The molecule has 28 heavy (non-hydrogen) atoms. The zero-order valence-corrected chi connectivity index (χ0v) is 15.4. The molecule has 2 aromatic carbocycles. The maximum atomic E-state index is 12.7. The molecule has 0 saturated carbocycles. The van der Waals surface area contributed by atoms with Crippen molar-refractivity contribution in [2.75, 3.05) is 0 Å². The lowest BCUT2D eigenvalue weighted by atomic mass is 10.1. The van der Waals surface area contributed by atoms with Crippen LogP contribution in [0.1, 0.15) is 5.56 Å². The average molecular weight is 398 g/mol. The van der Waals surface area contributed by atoms with E-state index in [1.54, 1.807) is 10.7 Å². The Morgan fingerprint density at radius 1 is 0.964 bits per heavy atom. The van der Waals surface area contributed by atoms with Gasteiger partial charge in [0.2, 0.25) is 4.96 Å². The number of nitrogens with zero attached hydrogens (tertiary/aromatic N) is 4. The summed E-state index contributed by atoms with van der Waals surface area (Å²) in [6, 6.07) is 13.1. The molecule has 140 valence electrons. The molecule has 0 fully saturated rings. The van der Waals surface area contributed by atoms with E-state index in [-0.39, 0.29) is 0 Å². The molecule has 0 aliphatic carbocycles. The van der Waals surface area contributed by atoms with Gasteiger partial charge in [-0.05, 0) is 18.2 Å². The molecule has 0 atom stereocenters. The predicted octanol–water partition coefficient (Wildman–Crippen LogP) is 5.64. The highest BCUT2D eigenvalue weighted by Crippen LogP contribution is 2.34. The second kappa shape index (κ2) is 5.93. The van der Waals surface area contributed by atoms with Crippen LogP contribution in [-0.4, -0.2) is 19.2 Å². The Bertz CT molecular complexity index is 1280. The van der Waals surface area contributed by atoms with Gasteiger partial charge in [-0.25, -0.2) is 9.50 Å². The predicted molar refractivity (Wildman–Crippen MR) is 103 cm³/mol. The van der Waals surface area contributed by atoms with E-state index < -0.39 is 11.7 Å². The molecule has 0 aliphatic heterocycles. The molecule has 0 amide bonds.